The number of hydrogen-bond donors (Lipinski definition) is 1. The number of aromatic nitrogens is 1. The van der Waals surface area contributed by atoms with Gasteiger partial charge in [-0.2, -0.15) is 0 Å². The van der Waals surface area contributed by atoms with Gasteiger partial charge in [0.15, 0.2) is 11.5 Å². The highest BCUT2D eigenvalue weighted by molar-refractivity contribution is 7.14. The first-order valence-electron chi connectivity index (χ1n) is 7.66. The molecule has 128 valence electrons. The predicted octanol–water partition coefficient (Wildman–Crippen LogP) is 3.61. The van der Waals surface area contributed by atoms with E-state index in [1.54, 1.807) is 19.2 Å². The van der Waals surface area contributed by atoms with Crippen molar-refractivity contribution < 1.29 is 19.0 Å². The molecule has 0 saturated heterocycles. The van der Waals surface area contributed by atoms with Crippen LogP contribution in [0.4, 0.5) is 5.69 Å². The van der Waals surface area contributed by atoms with Crippen molar-refractivity contribution in [3.05, 3.63) is 27.7 Å². The lowest BCUT2D eigenvalue weighted by Gasteiger charge is -2.14. The van der Waals surface area contributed by atoms with Crippen LogP contribution in [0.3, 0.4) is 0 Å². The largest absolute Gasteiger partial charge is 0.493 e. The Morgan fingerprint density at radius 1 is 1.17 bits per heavy atom. The summed E-state index contributed by atoms with van der Waals surface area (Å²) in [5, 5.41) is 3.95. The highest BCUT2D eigenvalue weighted by Gasteiger charge is 2.29. The van der Waals surface area contributed by atoms with Gasteiger partial charge in [0.25, 0.3) is 5.91 Å². The smallest absolute Gasteiger partial charge is 0.267 e. The summed E-state index contributed by atoms with van der Waals surface area (Å²) in [6.07, 6.45) is 2.34. The summed E-state index contributed by atoms with van der Waals surface area (Å²) < 4.78 is 15.9. The van der Waals surface area contributed by atoms with Crippen molar-refractivity contribution in [3.63, 3.8) is 0 Å². The summed E-state index contributed by atoms with van der Waals surface area (Å²) in [4.78, 5) is 17.8. The Balaban J connectivity index is 1.86. The summed E-state index contributed by atoms with van der Waals surface area (Å²) in [6, 6.07) is 3.41. The van der Waals surface area contributed by atoms with Crippen LogP contribution in [0.1, 0.15) is 39.1 Å². The molecule has 6 nitrogen and oxygen atoms in total. The van der Waals surface area contributed by atoms with Gasteiger partial charge in [-0.3, -0.25) is 4.79 Å². The Kier molecular flexibility index (Phi) is 4.62. The summed E-state index contributed by atoms with van der Waals surface area (Å²) in [5.41, 5.74) is 1.35. The van der Waals surface area contributed by atoms with Crippen LogP contribution in [-0.2, 0) is 0 Å². The molecule has 1 saturated carbocycles. The second-order valence-corrected chi connectivity index (χ2v) is 6.64. The van der Waals surface area contributed by atoms with E-state index in [4.69, 9.17) is 14.2 Å². The van der Waals surface area contributed by atoms with Gasteiger partial charge in [0.2, 0.25) is 5.75 Å². The van der Waals surface area contributed by atoms with Crippen molar-refractivity contribution in [2.24, 2.45) is 0 Å². The van der Waals surface area contributed by atoms with Gasteiger partial charge < -0.3 is 19.5 Å². The van der Waals surface area contributed by atoms with Crippen LogP contribution in [0, 0.1) is 6.92 Å². The molecule has 3 rings (SSSR count). The summed E-state index contributed by atoms with van der Waals surface area (Å²) in [6.45, 7) is 1.87. The van der Waals surface area contributed by atoms with Gasteiger partial charge in [-0.05, 0) is 19.8 Å². The Morgan fingerprint density at radius 2 is 1.79 bits per heavy atom. The van der Waals surface area contributed by atoms with Crippen LogP contribution < -0.4 is 19.5 Å². The second kappa shape index (κ2) is 6.68. The molecule has 0 spiro atoms. The number of hydrogen-bond acceptors (Lipinski definition) is 6. The van der Waals surface area contributed by atoms with E-state index in [-0.39, 0.29) is 5.91 Å². The SMILES string of the molecule is COc1cc(NC(=O)c2sc(C3CC3)nc2C)cc(OC)c1OC. The maximum absolute atomic E-state index is 12.6. The van der Waals surface area contributed by atoms with Crippen molar-refractivity contribution in [2.75, 3.05) is 26.6 Å². The zero-order chi connectivity index (χ0) is 17.3. The average Bonchev–Trinajstić information content (AvgIpc) is 3.36. The molecule has 1 fully saturated rings. The lowest BCUT2D eigenvalue weighted by molar-refractivity contribution is 0.103. The Labute approximate surface area is 144 Å². The summed E-state index contributed by atoms with van der Waals surface area (Å²) in [7, 11) is 4.62. The number of anilines is 1. The molecule has 1 aliphatic carbocycles. The highest BCUT2D eigenvalue weighted by atomic mass is 32.1. The third kappa shape index (κ3) is 3.17. The first-order valence-corrected chi connectivity index (χ1v) is 8.47. The van der Waals surface area contributed by atoms with Crippen LogP contribution in [0.5, 0.6) is 17.2 Å². The zero-order valence-electron chi connectivity index (χ0n) is 14.1. The van der Waals surface area contributed by atoms with Crippen molar-refractivity contribution in [2.45, 2.75) is 25.7 Å². The first kappa shape index (κ1) is 16.6. The highest BCUT2D eigenvalue weighted by Crippen LogP contribution is 2.43. The number of nitrogens with one attached hydrogen (secondary N) is 1. The maximum atomic E-state index is 12.6. The van der Waals surface area contributed by atoms with E-state index in [2.05, 4.69) is 10.3 Å². The van der Waals surface area contributed by atoms with E-state index >= 15 is 0 Å². The molecule has 1 N–H and O–H groups in total. The van der Waals surface area contributed by atoms with Gasteiger partial charge in [-0.1, -0.05) is 0 Å². The zero-order valence-corrected chi connectivity index (χ0v) is 15.0. The van der Waals surface area contributed by atoms with E-state index in [9.17, 15) is 4.79 Å². The molecule has 0 atom stereocenters. The molecule has 0 unspecified atom stereocenters. The normalized spacial score (nSPS) is 13.5. The molecule has 1 amide bonds. The number of rotatable bonds is 6. The van der Waals surface area contributed by atoms with Crippen molar-refractivity contribution in [1.29, 1.82) is 0 Å². The number of nitrogens with zero attached hydrogens (tertiary/aromatic N) is 1. The Morgan fingerprint density at radius 3 is 2.29 bits per heavy atom. The van der Waals surface area contributed by atoms with Gasteiger partial charge in [-0.15, -0.1) is 11.3 Å². The molecule has 1 heterocycles. The van der Waals surface area contributed by atoms with E-state index in [1.165, 1.54) is 38.4 Å². The fourth-order valence-corrected chi connectivity index (χ4v) is 3.61. The quantitative estimate of drug-likeness (QED) is 0.864. The molecule has 1 aromatic carbocycles. The lowest BCUT2D eigenvalue weighted by atomic mass is 10.2. The van der Waals surface area contributed by atoms with Crippen molar-refractivity contribution in [3.8, 4) is 17.2 Å². The standard InChI is InChI=1S/C17H20N2O4S/c1-9-15(24-17(18-9)10-5-6-10)16(20)19-11-7-12(21-2)14(23-4)13(8-11)22-3/h7-8,10H,5-6H2,1-4H3,(H,19,20). The molecule has 7 heteroatoms. The molecule has 2 aromatic rings. The fourth-order valence-electron chi connectivity index (χ4n) is 2.47. The lowest BCUT2D eigenvalue weighted by Crippen LogP contribution is -2.12. The summed E-state index contributed by atoms with van der Waals surface area (Å²) in [5.74, 6) is 1.84. The minimum absolute atomic E-state index is 0.175. The number of thiazole rings is 1. The molecule has 1 aromatic heterocycles. The second-order valence-electron chi connectivity index (χ2n) is 5.61. The van der Waals surface area contributed by atoms with Gasteiger partial charge in [-0.25, -0.2) is 4.98 Å². The van der Waals surface area contributed by atoms with E-state index in [0.29, 0.717) is 33.7 Å². The minimum Gasteiger partial charge on any atom is -0.493 e. The fraction of sp³-hybridized carbons (Fsp3) is 0.412. The number of aryl methyl sites for hydroxylation is 1. The van der Waals surface area contributed by atoms with Crippen molar-refractivity contribution >= 4 is 22.9 Å². The maximum Gasteiger partial charge on any atom is 0.267 e. The molecule has 24 heavy (non-hydrogen) atoms. The van der Waals surface area contributed by atoms with E-state index in [0.717, 1.165) is 10.7 Å². The van der Waals surface area contributed by atoms with Gasteiger partial charge in [0.1, 0.15) is 4.88 Å². The van der Waals surface area contributed by atoms with Gasteiger partial charge >= 0.3 is 0 Å². The number of carbonyl (C=O) groups excluding carboxylic acids is 1. The Bertz CT molecular complexity index is 743. The third-order valence-electron chi connectivity index (χ3n) is 3.87. The first-order chi connectivity index (χ1) is 11.6. The van der Waals surface area contributed by atoms with Crippen LogP contribution in [-0.4, -0.2) is 32.2 Å². The molecular weight excluding hydrogens is 328 g/mol. The van der Waals surface area contributed by atoms with Crippen LogP contribution >= 0.6 is 11.3 Å². The number of benzene rings is 1. The monoisotopic (exact) mass is 348 g/mol. The summed E-state index contributed by atoms with van der Waals surface area (Å²) >= 11 is 1.47. The topological polar surface area (TPSA) is 69.7 Å². The van der Waals surface area contributed by atoms with Crippen LogP contribution in [0.2, 0.25) is 0 Å². The molecular formula is C17H20N2O4S. The number of carbonyl (C=O) groups is 1. The minimum atomic E-state index is -0.175. The number of ether oxygens (including phenoxy) is 3. The van der Waals surface area contributed by atoms with Gasteiger partial charge in [0.05, 0.1) is 32.0 Å². The Hall–Kier alpha value is -2.28. The molecule has 0 bridgehead atoms. The molecule has 0 aliphatic heterocycles. The van der Waals surface area contributed by atoms with E-state index < -0.39 is 0 Å². The average molecular weight is 348 g/mol. The predicted molar refractivity (Wildman–Crippen MR) is 92.9 cm³/mol. The van der Waals surface area contributed by atoms with Crippen LogP contribution in [0.15, 0.2) is 12.1 Å². The number of amides is 1. The third-order valence-corrected chi connectivity index (χ3v) is 5.19. The molecule has 0 radical (unpaired) electrons. The van der Waals surface area contributed by atoms with Gasteiger partial charge in [0, 0.05) is 23.7 Å². The number of methoxy groups -OCH3 is 3. The molecule has 1 aliphatic rings. The van der Waals surface area contributed by atoms with Crippen LogP contribution in [0.25, 0.3) is 0 Å². The van der Waals surface area contributed by atoms with Crippen molar-refractivity contribution in [1.82, 2.24) is 4.98 Å². The van der Waals surface area contributed by atoms with E-state index in [1.807, 2.05) is 6.92 Å².